The molecule has 0 spiro atoms. The number of rotatable bonds is 5. The van der Waals surface area contributed by atoms with E-state index in [2.05, 4.69) is 25.9 Å². The first-order valence-electron chi connectivity index (χ1n) is 8.91. The van der Waals surface area contributed by atoms with Crippen molar-refractivity contribution in [2.75, 3.05) is 5.32 Å². The van der Waals surface area contributed by atoms with E-state index in [4.69, 9.17) is 0 Å². The van der Waals surface area contributed by atoms with E-state index in [0.29, 0.717) is 11.4 Å². The summed E-state index contributed by atoms with van der Waals surface area (Å²) in [5, 5.41) is 18.2. The third-order valence-electron chi connectivity index (χ3n) is 4.39. The summed E-state index contributed by atoms with van der Waals surface area (Å²) in [7, 11) is 0. The minimum atomic E-state index is -0.787. The number of amides is 1. The molecule has 1 N–H and O–H groups in total. The van der Waals surface area contributed by atoms with Gasteiger partial charge in [-0.1, -0.05) is 30.3 Å². The molecule has 1 atom stereocenters. The Hall–Kier alpha value is -4.14. The Labute approximate surface area is 165 Å². The highest BCUT2D eigenvalue weighted by Gasteiger charge is 2.18. The number of nitrogens with one attached hydrogen (secondary N) is 1. The summed E-state index contributed by atoms with van der Waals surface area (Å²) >= 11 is 0. The largest absolute Gasteiger partial charge is 0.324 e. The van der Waals surface area contributed by atoms with Gasteiger partial charge in [-0.15, -0.1) is 5.10 Å². The fourth-order valence-electron chi connectivity index (χ4n) is 2.80. The fraction of sp³-hybridized carbons (Fsp3) is 0.100. The van der Waals surface area contributed by atoms with Crippen LogP contribution in [0.5, 0.6) is 0 Å². The van der Waals surface area contributed by atoms with E-state index in [1.807, 2.05) is 30.3 Å². The van der Waals surface area contributed by atoms with Crippen molar-refractivity contribution < 1.29 is 4.79 Å². The molecule has 29 heavy (non-hydrogen) atoms. The molecule has 0 radical (unpaired) electrons. The molecule has 4 rings (SSSR count). The van der Waals surface area contributed by atoms with Crippen LogP contribution in [0.2, 0.25) is 0 Å². The zero-order valence-electron chi connectivity index (χ0n) is 15.5. The van der Waals surface area contributed by atoms with Crippen LogP contribution in [0.4, 0.5) is 5.69 Å². The van der Waals surface area contributed by atoms with Crippen LogP contribution in [0.25, 0.3) is 16.9 Å². The molecular weight excluding hydrogens is 370 g/mol. The molecule has 0 aliphatic rings. The number of tetrazole rings is 1. The summed E-state index contributed by atoms with van der Waals surface area (Å²) < 4.78 is 2.69. The zero-order valence-corrected chi connectivity index (χ0v) is 15.5. The van der Waals surface area contributed by atoms with E-state index >= 15 is 0 Å². The first kappa shape index (κ1) is 18.2. The number of hydrogen-bond donors (Lipinski definition) is 1. The summed E-state index contributed by atoms with van der Waals surface area (Å²) in [5.74, 6) is -0.347. The second kappa shape index (κ2) is 7.85. The van der Waals surface area contributed by atoms with Crippen molar-refractivity contribution in [3.8, 4) is 16.9 Å². The van der Waals surface area contributed by atoms with Gasteiger partial charge in [0.15, 0.2) is 0 Å². The minimum absolute atomic E-state index is 0.346. The number of aromatic nitrogens is 6. The van der Waals surface area contributed by atoms with E-state index in [1.165, 1.54) is 21.8 Å². The van der Waals surface area contributed by atoms with Crippen molar-refractivity contribution in [1.82, 2.24) is 30.0 Å². The van der Waals surface area contributed by atoms with Gasteiger partial charge in [0.2, 0.25) is 5.91 Å². The van der Waals surface area contributed by atoms with E-state index in [9.17, 15) is 9.59 Å². The zero-order chi connectivity index (χ0) is 20.2. The quantitative estimate of drug-likeness (QED) is 0.562. The van der Waals surface area contributed by atoms with Gasteiger partial charge in [-0.25, -0.2) is 9.36 Å². The molecule has 2 aromatic carbocycles. The summed E-state index contributed by atoms with van der Waals surface area (Å²) in [4.78, 5) is 25.0. The Morgan fingerprint density at radius 1 is 1.00 bits per heavy atom. The average Bonchev–Trinajstić information content (AvgIpc) is 3.30. The Kier molecular flexibility index (Phi) is 4.93. The lowest BCUT2D eigenvalue weighted by atomic mass is 10.1. The molecule has 9 nitrogen and oxygen atoms in total. The standard InChI is InChI=1S/C20H17N7O2/c1-14(27-19(28)12-11-18(23-27)15-5-3-2-4-6-15)20(29)22-16-7-9-17(10-8-16)26-13-21-24-25-26/h2-14H,1H3,(H,22,29). The Bertz CT molecular complexity index is 1170. The SMILES string of the molecule is CC(C(=O)Nc1ccc(-n2cnnn2)cc1)n1nc(-c2ccccc2)ccc1=O. The van der Waals surface area contributed by atoms with E-state index in [1.54, 1.807) is 37.3 Å². The molecule has 2 heterocycles. The molecule has 0 aliphatic carbocycles. The van der Waals surface area contributed by atoms with E-state index < -0.39 is 6.04 Å². The molecule has 2 aromatic heterocycles. The summed E-state index contributed by atoms with van der Waals surface area (Å²) in [5.41, 5.74) is 2.49. The van der Waals surface area contributed by atoms with Gasteiger partial charge < -0.3 is 5.32 Å². The molecule has 0 fully saturated rings. The van der Waals surface area contributed by atoms with Gasteiger partial charge >= 0.3 is 0 Å². The molecule has 0 saturated carbocycles. The predicted molar refractivity (Wildman–Crippen MR) is 106 cm³/mol. The van der Waals surface area contributed by atoms with Gasteiger partial charge in [0, 0.05) is 17.3 Å². The molecule has 0 saturated heterocycles. The molecule has 0 bridgehead atoms. The van der Waals surface area contributed by atoms with E-state index in [-0.39, 0.29) is 11.5 Å². The maximum absolute atomic E-state index is 12.7. The van der Waals surface area contributed by atoms with Crippen molar-refractivity contribution in [3.05, 3.63) is 83.4 Å². The number of carbonyl (C=O) groups is 1. The van der Waals surface area contributed by atoms with Crippen molar-refractivity contribution >= 4 is 11.6 Å². The van der Waals surface area contributed by atoms with Gasteiger partial charge in [-0.05, 0) is 47.7 Å². The molecule has 1 unspecified atom stereocenters. The van der Waals surface area contributed by atoms with Crippen LogP contribution < -0.4 is 10.9 Å². The predicted octanol–water partition coefficient (Wildman–Crippen LogP) is 2.09. The Morgan fingerprint density at radius 2 is 1.76 bits per heavy atom. The summed E-state index contributed by atoms with van der Waals surface area (Å²) in [6.45, 7) is 1.63. The normalized spacial score (nSPS) is 11.8. The maximum Gasteiger partial charge on any atom is 0.267 e. The Balaban J connectivity index is 1.53. The third-order valence-corrected chi connectivity index (χ3v) is 4.39. The number of carbonyl (C=O) groups excluding carboxylic acids is 1. The monoisotopic (exact) mass is 387 g/mol. The van der Waals surface area contributed by atoms with Crippen LogP contribution in [0.1, 0.15) is 13.0 Å². The van der Waals surface area contributed by atoms with Crippen LogP contribution in [-0.2, 0) is 4.79 Å². The van der Waals surface area contributed by atoms with Gasteiger partial charge in [-0.2, -0.15) is 5.10 Å². The van der Waals surface area contributed by atoms with Crippen LogP contribution in [0.15, 0.2) is 77.9 Å². The molecule has 4 aromatic rings. The maximum atomic E-state index is 12.7. The second-order valence-electron chi connectivity index (χ2n) is 6.33. The summed E-state index contributed by atoms with van der Waals surface area (Å²) in [6.07, 6.45) is 1.48. The van der Waals surface area contributed by atoms with Crippen molar-refractivity contribution in [2.24, 2.45) is 0 Å². The van der Waals surface area contributed by atoms with Gasteiger partial charge in [0.25, 0.3) is 5.56 Å². The molecular formula is C20H17N7O2. The lowest BCUT2D eigenvalue weighted by Crippen LogP contribution is -2.33. The second-order valence-corrected chi connectivity index (χ2v) is 6.33. The minimum Gasteiger partial charge on any atom is -0.324 e. The Morgan fingerprint density at radius 3 is 2.45 bits per heavy atom. The highest BCUT2D eigenvalue weighted by Crippen LogP contribution is 2.17. The highest BCUT2D eigenvalue weighted by atomic mass is 16.2. The van der Waals surface area contributed by atoms with Crippen molar-refractivity contribution in [3.63, 3.8) is 0 Å². The number of hydrogen-bond acceptors (Lipinski definition) is 6. The van der Waals surface area contributed by atoms with Crippen LogP contribution in [-0.4, -0.2) is 35.9 Å². The van der Waals surface area contributed by atoms with Crippen LogP contribution in [0, 0.1) is 0 Å². The lowest BCUT2D eigenvalue weighted by molar-refractivity contribution is -0.119. The smallest absolute Gasteiger partial charge is 0.267 e. The van der Waals surface area contributed by atoms with Crippen molar-refractivity contribution in [1.29, 1.82) is 0 Å². The van der Waals surface area contributed by atoms with E-state index in [0.717, 1.165) is 11.3 Å². The van der Waals surface area contributed by atoms with Crippen LogP contribution >= 0.6 is 0 Å². The highest BCUT2D eigenvalue weighted by molar-refractivity contribution is 5.93. The fourth-order valence-corrected chi connectivity index (χ4v) is 2.80. The molecule has 144 valence electrons. The third kappa shape index (κ3) is 3.93. The van der Waals surface area contributed by atoms with Crippen LogP contribution in [0.3, 0.4) is 0 Å². The number of anilines is 1. The number of benzene rings is 2. The average molecular weight is 387 g/mol. The first-order chi connectivity index (χ1) is 14.1. The molecule has 1 amide bonds. The van der Waals surface area contributed by atoms with Crippen molar-refractivity contribution in [2.45, 2.75) is 13.0 Å². The summed E-state index contributed by atoms with van der Waals surface area (Å²) in [6, 6.07) is 18.8. The topological polar surface area (TPSA) is 108 Å². The van der Waals surface area contributed by atoms with Gasteiger partial charge in [0.1, 0.15) is 12.4 Å². The van der Waals surface area contributed by atoms with Gasteiger partial charge in [-0.3, -0.25) is 9.59 Å². The molecule has 0 aliphatic heterocycles. The van der Waals surface area contributed by atoms with Gasteiger partial charge in [0.05, 0.1) is 11.4 Å². The number of nitrogens with zero attached hydrogens (tertiary/aromatic N) is 6. The first-order valence-corrected chi connectivity index (χ1v) is 8.91. The molecule has 9 heteroatoms. The lowest BCUT2D eigenvalue weighted by Gasteiger charge is -2.15.